The molecule has 5 rings (SSSR count). The Labute approximate surface area is 195 Å². The Hall–Kier alpha value is -3.77. The first kappa shape index (κ1) is 21.1. The van der Waals surface area contributed by atoms with Crippen molar-refractivity contribution in [2.45, 2.75) is 19.4 Å². The van der Waals surface area contributed by atoms with Crippen LogP contribution in [0.15, 0.2) is 82.6 Å². The van der Waals surface area contributed by atoms with Crippen molar-refractivity contribution in [3.8, 4) is 0 Å². The number of nitrogens with one attached hydrogen (secondary N) is 1. The highest BCUT2D eigenvalue weighted by molar-refractivity contribution is 6.30. The van der Waals surface area contributed by atoms with Gasteiger partial charge in [0.15, 0.2) is 11.5 Å². The van der Waals surface area contributed by atoms with Crippen molar-refractivity contribution < 1.29 is 19.1 Å². The number of carbonyl (C=O) groups is 2. The predicted octanol–water partition coefficient (Wildman–Crippen LogP) is 5.54. The summed E-state index contributed by atoms with van der Waals surface area (Å²) in [5, 5.41) is 12.4. The van der Waals surface area contributed by atoms with Gasteiger partial charge in [-0.25, -0.2) is 0 Å². The molecule has 166 valence electrons. The summed E-state index contributed by atoms with van der Waals surface area (Å²) < 4.78 is 5.50. The van der Waals surface area contributed by atoms with E-state index in [0.29, 0.717) is 29.3 Å². The van der Waals surface area contributed by atoms with Gasteiger partial charge >= 0.3 is 0 Å². The van der Waals surface area contributed by atoms with Crippen LogP contribution >= 0.6 is 11.6 Å². The Kier molecular flexibility index (Phi) is 5.30. The highest BCUT2D eigenvalue weighted by Gasteiger charge is 2.44. The number of H-pyrrole nitrogens is 1. The van der Waals surface area contributed by atoms with Crippen LogP contribution in [0.2, 0.25) is 5.02 Å². The quantitative estimate of drug-likeness (QED) is 0.370. The van der Waals surface area contributed by atoms with Gasteiger partial charge in [0.25, 0.3) is 5.91 Å². The molecule has 3 heterocycles. The Bertz CT molecular complexity index is 1400. The molecule has 0 saturated heterocycles. The molecule has 0 radical (unpaired) electrons. The molecule has 0 bridgehead atoms. The molecule has 2 aromatic carbocycles. The lowest BCUT2D eigenvalue weighted by Crippen LogP contribution is -2.33. The second-order valence-electron chi connectivity index (χ2n) is 8.06. The third-order valence-corrected chi connectivity index (χ3v) is 6.25. The van der Waals surface area contributed by atoms with E-state index < -0.39 is 23.5 Å². The molecular weight excluding hydrogens is 440 g/mol. The molecule has 1 atom stereocenters. The number of benzene rings is 2. The average Bonchev–Trinajstić information content (AvgIpc) is 3.50. The van der Waals surface area contributed by atoms with E-state index in [-0.39, 0.29) is 11.3 Å². The number of Topliss-reactive ketones (excluding diaryl/α,β-unsaturated/α-hetero) is 1. The number of furan rings is 1. The van der Waals surface area contributed by atoms with Gasteiger partial charge in [-0.15, -0.1) is 0 Å². The van der Waals surface area contributed by atoms with Crippen molar-refractivity contribution in [3.05, 3.63) is 106 Å². The number of aromatic amines is 1. The summed E-state index contributed by atoms with van der Waals surface area (Å²) in [6.07, 6.45) is 2.47. The maximum absolute atomic E-state index is 13.3. The molecule has 0 aliphatic carbocycles. The third kappa shape index (κ3) is 3.72. The minimum Gasteiger partial charge on any atom is -0.503 e. The summed E-state index contributed by atoms with van der Waals surface area (Å²) in [5.74, 6) is -0.987. The zero-order chi connectivity index (χ0) is 23.1. The van der Waals surface area contributed by atoms with E-state index in [1.54, 1.807) is 43.3 Å². The molecule has 2 aromatic heterocycles. The fourth-order valence-corrected chi connectivity index (χ4v) is 4.50. The monoisotopic (exact) mass is 460 g/mol. The van der Waals surface area contributed by atoms with Gasteiger partial charge in [0.1, 0.15) is 5.76 Å². The molecule has 1 unspecified atom stereocenters. The maximum atomic E-state index is 13.3. The number of fused-ring (bicyclic) bond motifs is 1. The number of carbonyl (C=O) groups excluding carboxylic acids is 2. The molecule has 0 fully saturated rings. The lowest BCUT2D eigenvalue weighted by atomic mass is 9.95. The van der Waals surface area contributed by atoms with Gasteiger partial charge in [0.2, 0.25) is 5.78 Å². The topological polar surface area (TPSA) is 86.5 Å². The van der Waals surface area contributed by atoms with Crippen LogP contribution < -0.4 is 0 Å². The molecule has 1 aliphatic heterocycles. The van der Waals surface area contributed by atoms with E-state index in [0.717, 1.165) is 16.5 Å². The van der Waals surface area contributed by atoms with E-state index in [9.17, 15) is 14.7 Å². The minimum absolute atomic E-state index is 0.00981. The van der Waals surface area contributed by atoms with Crippen molar-refractivity contribution in [2.75, 3.05) is 6.54 Å². The number of amides is 1. The normalized spacial score (nSPS) is 16.2. The Morgan fingerprint density at radius 1 is 1.12 bits per heavy atom. The van der Waals surface area contributed by atoms with Crippen molar-refractivity contribution in [1.82, 2.24) is 9.88 Å². The highest BCUT2D eigenvalue weighted by atomic mass is 35.5. The van der Waals surface area contributed by atoms with Crippen molar-refractivity contribution in [2.24, 2.45) is 0 Å². The number of aliphatic hydroxyl groups excluding tert-OH is 1. The van der Waals surface area contributed by atoms with Gasteiger partial charge in [0.05, 0.1) is 11.6 Å². The van der Waals surface area contributed by atoms with E-state index in [1.165, 1.54) is 4.90 Å². The predicted molar refractivity (Wildman–Crippen MR) is 125 cm³/mol. The number of nitrogens with zero attached hydrogens (tertiary/aromatic N) is 1. The Morgan fingerprint density at radius 3 is 2.61 bits per heavy atom. The average molecular weight is 461 g/mol. The van der Waals surface area contributed by atoms with Crippen molar-refractivity contribution in [3.63, 3.8) is 0 Å². The second-order valence-corrected chi connectivity index (χ2v) is 8.50. The number of aliphatic hydroxyl groups is 1. The van der Waals surface area contributed by atoms with Gasteiger partial charge < -0.3 is 19.4 Å². The highest BCUT2D eigenvalue weighted by Crippen LogP contribution is 2.39. The first-order chi connectivity index (χ1) is 15.9. The summed E-state index contributed by atoms with van der Waals surface area (Å²) in [5.41, 5.74) is 2.76. The summed E-state index contributed by atoms with van der Waals surface area (Å²) in [6, 6.07) is 17.3. The van der Waals surface area contributed by atoms with Gasteiger partial charge in [-0.2, -0.15) is 0 Å². The molecular formula is C26H21ClN2O4. The molecule has 1 amide bonds. The van der Waals surface area contributed by atoms with Gasteiger partial charge in [-0.05, 0) is 54.8 Å². The van der Waals surface area contributed by atoms with Gasteiger partial charge in [-0.3, -0.25) is 9.59 Å². The van der Waals surface area contributed by atoms with Crippen LogP contribution in [0.1, 0.15) is 33.5 Å². The molecule has 7 heteroatoms. The van der Waals surface area contributed by atoms with Crippen LogP contribution in [0.25, 0.3) is 10.9 Å². The molecule has 2 N–H and O–H groups in total. The van der Waals surface area contributed by atoms with E-state index in [2.05, 4.69) is 4.98 Å². The molecule has 0 saturated carbocycles. The van der Waals surface area contributed by atoms with Crippen molar-refractivity contribution >= 4 is 34.2 Å². The first-order valence-corrected chi connectivity index (χ1v) is 11.0. The SMILES string of the molecule is Cc1ccc(C(=O)C2=C(O)C(=O)N(CCc3c[nH]c4ccccc34)C2c2ccc(Cl)cc2)o1. The van der Waals surface area contributed by atoms with Gasteiger partial charge in [0, 0.05) is 28.7 Å². The zero-order valence-electron chi connectivity index (χ0n) is 17.8. The lowest BCUT2D eigenvalue weighted by Gasteiger charge is -2.26. The standard InChI is InChI=1S/C26H21ClN2O4/c1-15-6-11-21(33-15)24(30)22-23(16-7-9-18(27)10-8-16)29(26(32)25(22)31)13-12-17-14-28-20-5-3-2-4-19(17)20/h2-11,14,23,28,31H,12-13H2,1H3. The Balaban J connectivity index is 1.51. The second kappa shape index (κ2) is 8.30. The van der Waals surface area contributed by atoms with Crippen LogP contribution in [0.5, 0.6) is 0 Å². The molecule has 1 aliphatic rings. The van der Waals surface area contributed by atoms with Crippen LogP contribution in [0, 0.1) is 6.92 Å². The number of aryl methyl sites for hydroxylation is 1. The number of hydrogen-bond acceptors (Lipinski definition) is 4. The van der Waals surface area contributed by atoms with Crippen LogP contribution in [0.3, 0.4) is 0 Å². The molecule has 6 nitrogen and oxygen atoms in total. The van der Waals surface area contributed by atoms with Crippen LogP contribution in [-0.2, 0) is 11.2 Å². The summed E-state index contributed by atoms with van der Waals surface area (Å²) in [4.78, 5) is 31.2. The number of rotatable bonds is 6. The van der Waals surface area contributed by atoms with Crippen LogP contribution in [0.4, 0.5) is 0 Å². The summed E-state index contributed by atoms with van der Waals surface area (Å²) in [7, 11) is 0. The number of para-hydroxylation sites is 1. The number of aromatic nitrogens is 1. The molecule has 0 spiro atoms. The smallest absolute Gasteiger partial charge is 0.290 e. The van der Waals surface area contributed by atoms with Crippen molar-refractivity contribution in [1.29, 1.82) is 0 Å². The number of ketones is 1. The van der Waals surface area contributed by atoms with Gasteiger partial charge in [-0.1, -0.05) is 41.9 Å². The molecule has 33 heavy (non-hydrogen) atoms. The Morgan fingerprint density at radius 2 is 1.88 bits per heavy atom. The summed E-state index contributed by atoms with van der Waals surface area (Å²) >= 11 is 6.07. The van der Waals surface area contributed by atoms with Crippen LogP contribution in [-0.4, -0.2) is 33.2 Å². The largest absolute Gasteiger partial charge is 0.503 e. The zero-order valence-corrected chi connectivity index (χ0v) is 18.6. The fourth-order valence-electron chi connectivity index (χ4n) is 4.38. The maximum Gasteiger partial charge on any atom is 0.290 e. The first-order valence-electron chi connectivity index (χ1n) is 10.6. The number of halogens is 1. The fraction of sp³-hybridized carbons (Fsp3) is 0.154. The van der Waals surface area contributed by atoms with E-state index >= 15 is 0 Å². The van der Waals surface area contributed by atoms with E-state index in [4.69, 9.17) is 16.0 Å². The van der Waals surface area contributed by atoms with E-state index in [1.807, 2.05) is 30.5 Å². The number of hydrogen-bond donors (Lipinski definition) is 2. The summed E-state index contributed by atoms with van der Waals surface area (Å²) in [6.45, 7) is 2.04. The lowest BCUT2D eigenvalue weighted by molar-refractivity contribution is -0.129. The third-order valence-electron chi connectivity index (χ3n) is 6.00. The molecule has 4 aromatic rings. The minimum atomic E-state index is -0.752.